The standard InChI is InChI=1S/C16H20N2O2S/c1-18(11-12-5-4-6-12)21(19,20)16-10-9-15(17)13-7-2-3-8-14(13)16/h2-3,7-10,12H,4-6,11,17H2,1H3. The number of hydrogen-bond donors (Lipinski definition) is 1. The summed E-state index contributed by atoms with van der Waals surface area (Å²) in [5.41, 5.74) is 6.55. The summed E-state index contributed by atoms with van der Waals surface area (Å²) in [4.78, 5) is 0.342. The van der Waals surface area contributed by atoms with Gasteiger partial charge in [0.2, 0.25) is 10.0 Å². The van der Waals surface area contributed by atoms with Gasteiger partial charge in [0.25, 0.3) is 0 Å². The first-order valence-corrected chi connectivity index (χ1v) is 8.67. The van der Waals surface area contributed by atoms with E-state index < -0.39 is 10.0 Å². The predicted octanol–water partition coefficient (Wildman–Crippen LogP) is 2.84. The van der Waals surface area contributed by atoms with E-state index in [1.807, 2.05) is 24.3 Å². The smallest absolute Gasteiger partial charge is 0.243 e. The largest absolute Gasteiger partial charge is 0.398 e. The van der Waals surface area contributed by atoms with Crippen LogP contribution in [0.3, 0.4) is 0 Å². The fraction of sp³-hybridized carbons (Fsp3) is 0.375. The number of nitrogens with two attached hydrogens (primary N) is 1. The van der Waals surface area contributed by atoms with E-state index in [1.165, 1.54) is 10.7 Å². The summed E-state index contributed by atoms with van der Waals surface area (Å²) in [6.45, 7) is 0.598. The quantitative estimate of drug-likeness (QED) is 0.883. The first kappa shape index (κ1) is 14.4. The Balaban J connectivity index is 2.04. The van der Waals surface area contributed by atoms with E-state index in [-0.39, 0.29) is 0 Å². The Kier molecular flexibility index (Phi) is 3.63. The van der Waals surface area contributed by atoms with E-state index in [2.05, 4.69) is 0 Å². The molecule has 0 saturated heterocycles. The topological polar surface area (TPSA) is 63.4 Å². The Labute approximate surface area is 125 Å². The highest BCUT2D eigenvalue weighted by Gasteiger charge is 2.28. The van der Waals surface area contributed by atoms with Crippen LogP contribution in [0.4, 0.5) is 5.69 Å². The van der Waals surface area contributed by atoms with Crippen molar-refractivity contribution in [2.45, 2.75) is 24.2 Å². The minimum atomic E-state index is -3.48. The number of nitrogen functional groups attached to an aromatic ring is 1. The lowest BCUT2D eigenvalue weighted by Crippen LogP contribution is -2.34. The van der Waals surface area contributed by atoms with E-state index in [4.69, 9.17) is 5.73 Å². The number of sulfonamides is 1. The molecular weight excluding hydrogens is 284 g/mol. The third kappa shape index (κ3) is 2.51. The Hall–Kier alpha value is -1.59. The van der Waals surface area contributed by atoms with Crippen LogP contribution in [0.5, 0.6) is 0 Å². The van der Waals surface area contributed by atoms with E-state index in [1.54, 1.807) is 19.2 Å². The van der Waals surface area contributed by atoms with Gasteiger partial charge in [0.1, 0.15) is 0 Å². The average Bonchev–Trinajstić information content (AvgIpc) is 2.43. The number of rotatable bonds is 4. The van der Waals surface area contributed by atoms with Crippen molar-refractivity contribution in [1.29, 1.82) is 0 Å². The molecule has 0 atom stereocenters. The fourth-order valence-electron chi connectivity index (χ4n) is 2.82. The summed E-state index contributed by atoms with van der Waals surface area (Å²) in [6.07, 6.45) is 3.47. The molecular formula is C16H20N2O2S. The molecule has 0 heterocycles. The molecule has 112 valence electrons. The van der Waals surface area contributed by atoms with Crippen LogP contribution in [0.15, 0.2) is 41.3 Å². The molecule has 0 aliphatic heterocycles. The molecule has 0 unspecified atom stereocenters. The summed E-state index contributed by atoms with van der Waals surface area (Å²) in [6, 6.07) is 10.7. The third-order valence-electron chi connectivity index (χ3n) is 4.35. The van der Waals surface area contributed by atoms with Gasteiger partial charge < -0.3 is 5.73 Å². The fourth-order valence-corrected chi connectivity index (χ4v) is 4.26. The highest BCUT2D eigenvalue weighted by molar-refractivity contribution is 7.89. The molecule has 1 aliphatic carbocycles. The van der Waals surface area contributed by atoms with Crippen LogP contribution in [0, 0.1) is 5.92 Å². The Bertz CT molecular complexity index is 767. The average molecular weight is 304 g/mol. The van der Waals surface area contributed by atoms with Crippen LogP contribution in [-0.4, -0.2) is 26.3 Å². The summed E-state index contributed by atoms with van der Waals surface area (Å²) in [7, 11) is -1.81. The molecule has 4 nitrogen and oxygen atoms in total. The van der Waals surface area contributed by atoms with Crippen molar-refractivity contribution in [3.05, 3.63) is 36.4 Å². The SMILES string of the molecule is CN(CC1CCC1)S(=O)(=O)c1ccc(N)c2ccccc12. The van der Waals surface area contributed by atoms with Gasteiger partial charge in [0.05, 0.1) is 4.90 Å². The van der Waals surface area contributed by atoms with Gasteiger partial charge >= 0.3 is 0 Å². The zero-order valence-corrected chi connectivity index (χ0v) is 12.9. The van der Waals surface area contributed by atoms with Gasteiger partial charge in [-0.25, -0.2) is 12.7 Å². The summed E-state index contributed by atoms with van der Waals surface area (Å²) in [5.74, 6) is 0.504. The minimum absolute atomic E-state index is 0.342. The number of nitrogens with zero attached hydrogens (tertiary/aromatic N) is 1. The molecule has 0 bridgehead atoms. The van der Waals surface area contributed by atoms with Crippen molar-refractivity contribution in [2.24, 2.45) is 5.92 Å². The summed E-state index contributed by atoms with van der Waals surface area (Å²) in [5, 5.41) is 1.48. The maximum Gasteiger partial charge on any atom is 0.243 e. The van der Waals surface area contributed by atoms with Gasteiger partial charge in [0.15, 0.2) is 0 Å². The van der Waals surface area contributed by atoms with Crippen molar-refractivity contribution in [2.75, 3.05) is 19.3 Å². The molecule has 3 rings (SSSR count). The first-order chi connectivity index (χ1) is 10.00. The monoisotopic (exact) mass is 304 g/mol. The molecule has 1 aliphatic rings. The maximum atomic E-state index is 12.8. The molecule has 0 amide bonds. The van der Waals surface area contributed by atoms with Crippen LogP contribution < -0.4 is 5.73 Å². The second-order valence-corrected chi connectivity index (χ2v) is 7.79. The minimum Gasteiger partial charge on any atom is -0.398 e. The van der Waals surface area contributed by atoms with E-state index in [0.717, 1.165) is 18.2 Å². The van der Waals surface area contributed by atoms with Crippen LogP contribution in [-0.2, 0) is 10.0 Å². The Morgan fingerprint density at radius 3 is 2.43 bits per heavy atom. The summed E-state index contributed by atoms with van der Waals surface area (Å²) < 4.78 is 27.1. The highest BCUT2D eigenvalue weighted by Crippen LogP contribution is 2.32. The van der Waals surface area contributed by atoms with Gasteiger partial charge in [-0.1, -0.05) is 30.7 Å². The Morgan fingerprint density at radius 1 is 1.14 bits per heavy atom. The van der Waals surface area contributed by atoms with E-state index in [9.17, 15) is 8.42 Å². The molecule has 0 spiro atoms. The van der Waals surface area contributed by atoms with Crippen molar-refractivity contribution >= 4 is 26.5 Å². The molecule has 21 heavy (non-hydrogen) atoms. The van der Waals surface area contributed by atoms with Gasteiger partial charge in [-0.15, -0.1) is 0 Å². The second kappa shape index (κ2) is 5.31. The zero-order valence-electron chi connectivity index (χ0n) is 12.1. The van der Waals surface area contributed by atoms with Crippen molar-refractivity contribution in [3.8, 4) is 0 Å². The number of hydrogen-bond acceptors (Lipinski definition) is 3. The normalized spacial score (nSPS) is 16.3. The molecule has 0 aromatic heterocycles. The van der Waals surface area contributed by atoms with E-state index in [0.29, 0.717) is 28.4 Å². The molecule has 2 N–H and O–H groups in total. The van der Waals surface area contributed by atoms with Crippen molar-refractivity contribution < 1.29 is 8.42 Å². The highest BCUT2D eigenvalue weighted by atomic mass is 32.2. The van der Waals surface area contributed by atoms with Crippen LogP contribution in [0.1, 0.15) is 19.3 Å². The number of benzene rings is 2. The van der Waals surface area contributed by atoms with Crippen LogP contribution >= 0.6 is 0 Å². The maximum absolute atomic E-state index is 12.8. The number of anilines is 1. The van der Waals surface area contributed by atoms with Gasteiger partial charge in [0, 0.05) is 30.1 Å². The lowest BCUT2D eigenvalue weighted by atomic mass is 9.86. The zero-order chi connectivity index (χ0) is 15.0. The lowest BCUT2D eigenvalue weighted by molar-refractivity contribution is 0.263. The lowest BCUT2D eigenvalue weighted by Gasteiger charge is -2.29. The molecule has 2 aromatic carbocycles. The Morgan fingerprint density at radius 2 is 1.81 bits per heavy atom. The first-order valence-electron chi connectivity index (χ1n) is 7.23. The predicted molar refractivity (Wildman–Crippen MR) is 85.5 cm³/mol. The van der Waals surface area contributed by atoms with Gasteiger partial charge in [-0.3, -0.25) is 0 Å². The van der Waals surface area contributed by atoms with Crippen LogP contribution in [0.2, 0.25) is 0 Å². The van der Waals surface area contributed by atoms with Gasteiger partial charge in [-0.05, 0) is 30.9 Å². The van der Waals surface area contributed by atoms with Crippen molar-refractivity contribution in [1.82, 2.24) is 4.31 Å². The number of fused-ring (bicyclic) bond motifs is 1. The molecule has 2 aromatic rings. The van der Waals surface area contributed by atoms with Gasteiger partial charge in [-0.2, -0.15) is 0 Å². The molecule has 0 radical (unpaired) electrons. The second-order valence-electron chi connectivity index (χ2n) is 5.78. The van der Waals surface area contributed by atoms with Crippen LogP contribution in [0.25, 0.3) is 10.8 Å². The summed E-state index contributed by atoms with van der Waals surface area (Å²) >= 11 is 0. The van der Waals surface area contributed by atoms with Crippen molar-refractivity contribution in [3.63, 3.8) is 0 Å². The third-order valence-corrected chi connectivity index (χ3v) is 6.23. The molecule has 1 saturated carbocycles. The molecule has 5 heteroatoms. The molecule has 1 fully saturated rings. The van der Waals surface area contributed by atoms with E-state index >= 15 is 0 Å².